The third-order valence-corrected chi connectivity index (χ3v) is 4.73. The van der Waals surface area contributed by atoms with Gasteiger partial charge in [-0.1, -0.05) is 70.4 Å². The van der Waals surface area contributed by atoms with Gasteiger partial charge >= 0.3 is 0 Å². The van der Waals surface area contributed by atoms with E-state index < -0.39 is 0 Å². The zero-order valence-electron chi connectivity index (χ0n) is 16.2. The lowest BCUT2D eigenvalue weighted by Gasteiger charge is -2.20. The van der Waals surface area contributed by atoms with Gasteiger partial charge in [0.05, 0.1) is 13.7 Å². The third kappa shape index (κ3) is 4.78. The summed E-state index contributed by atoms with van der Waals surface area (Å²) in [5.74, 6) is 1.94. The maximum atomic E-state index is 6.35. The molecule has 0 amide bonds. The van der Waals surface area contributed by atoms with Gasteiger partial charge in [-0.25, -0.2) is 0 Å². The number of ether oxygens (including phenoxy) is 2. The van der Waals surface area contributed by atoms with Crippen molar-refractivity contribution in [2.24, 2.45) is 0 Å². The fraction of sp³-hybridized carbons (Fsp3) is 0.478. The molecule has 0 spiro atoms. The van der Waals surface area contributed by atoms with Crippen molar-refractivity contribution in [3.63, 3.8) is 0 Å². The van der Waals surface area contributed by atoms with Gasteiger partial charge in [0.25, 0.3) is 0 Å². The fourth-order valence-corrected chi connectivity index (χ4v) is 3.33. The Balaban J connectivity index is 2.41. The molecule has 2 aromatic rings. The van der Waals surface area contributed by atoms with Gasteiger partial charge in [-0.2, -0.15) is 0 Å². The van der Waals surface area contributed by atoms with Gasteiger partial charge in [0, 0.05) is 11.1 Å². The minimum absolute atomic E-state index is 0.780. The summed E-state index contributed by atoms with van der Waals surface area (Å²) >= 11 is 0. The molecule has 0 unspecified atom stereocenters. The van der Waals surface area contributed by atoms with E-state index in [1.165, 1.54) is 30.4 Å². The predicted molar refractivity (Wildman–Crippen MR) is 107 cm³/mol. The van der Waals surface area contributed by atoms with Crippen LogP contribution < -0.4 is 9.47 Å². The fourth-order valence-electron chi connectivity index (χ4n) is 3.33. The van der Waals surface area contributed by atoms with Gasteiger partial charge in [-0.3, -0.25) is 0 Å². The zero-order chi connectivity index (χ0) is 18.1. The van der Waals surface area contributed by atoms with Gasteiger partial charge < -0.3 is 9.47 Å². The Morgan fingerprint density at radius 1 is 0.800 bits per heavy atom. The van der Waals surface area contributed by atoms with E-state index in [-0.39, 0.29) is 0 Å². The van der Waals surface area contributed by atoms with Gasteiger partial charge in [0.15, 0.2) is 0 Å². The number of hydrogen-bond acceptors (Lipinski definition) is 2. The molecule has 2 aromatic carbocycles. The molecule has 0 atom stereocenters. The highest BCUT2D eigenvalue weighted by Crippen LogP contribution is 2.40. The maximum absolute atomic E-state index is 6.35. The Kier molecular flexibility index (Phi) is 7.84. The number of methoxy groups -OCH3 is 1. The van der Waals surface area contributed by atoms with Crippen molar-refractivity contribution in [3.8, 4) is 22.6 Å². The second-order valence-electron chi connectivity index (χ2n) is 6.40. The smallest absolute Gasteiger partial charge is 0.130 e. The molecular formula is C23H32O2. The van der Waals surface area contributed by atoms with Crippen LogP contribution in [0.25, 0.3) is 11.1 Å². The lowest BCUT2D eigenvalue weighted by atomic mass is 9.94. The van der Waals surface area contributed by atoms with Crippen molar-refractivity contribution in [1.82, 2.24) is 0 Å². The average Bonchev–Trinajstić information content (AvgIpc) is 2.67. The molecule has 0 aliphatic heterocycles. The number of unbranched alkanes of at least 4 members (excludes halogenated alkanes) is 3. The van der Waals surface area contributed by atoms with Crippen LogP contribution in [-0.2, 0) is 12.8 Å². The number of aryl methyl sites for hydroxylation is 1. The summed E-state index contributed by atoms with van der Waals surface area (Å²) in [5, 5.41) is 0. The molecule has 25 heavy (non-hydrogen) atoms. The Labute approximate surface area is 153 Å². The quantitative estimate of drug-likeness (QED) is 0.463. The highest BCUT2D eigenvalue weighted by molar-refractivity contribution is 5.77. The zero-order valence-corrected chi connectivity index (χ0v) is 16.2. The molecule has 0 N–H and O–H groups in total. The van der Waals surface area contributed by atoms with Crippen molar-refractivity contribution in [3.05, 3.63) is 47.5 Å². The van der Waals surface area contributed by atoms with E-state index >= 15 is 0 Å². The molecular weight excluding hydrogens is 308 g/mol. The highest BCUT2D eigenvalue weighted by atomic mass is 16.5. The minimum Gasteiger partial charge on any atom is -0.496 e. The normalized spacial score (nSPS) is 10.7. The van der Waals surface area contributed by atoms with Crippen molar-refractivity contribution < 1.29 is 9.47 Å². The average molecular weight is 341 g/mol. The monoisotopic (exact) mass is 340 g/mol. The van der Waals surface area contributed by atoms with Crippen LogP contribution in [-0.4, -0.2) is 13.7 Å². The van der Waals surface area contributed by atoms with Crippen LogP contribution in [0, 0.1) is 0 Å². The SMILES string of the molecule is CCCCCCOc1c(-c2ccccc2OC)ccc(CC)c1CC. The molecule has 0 saturated carbocycles. The van der Waals surface area contributed by atoms with E-state index in [4.69, 9.17) is 9.47 Å². The van der Waals surface area contributed by atoms with Crippen LogP contribution in [0.15, 0.2) is 36.4 Å². The van der Waals surface area contributed by atoms with Gasteiger partial charge in [-0.05, 0) is 36.5 Å². The summed E-state index contributed by atoms with van der Waals surface area (Å²) in [4.78, 5) is 0. The number of hydrogen-bond donors (Lipinski definition) is 0. The first-order valence-corrected chi connectivity index (χ1v) is 9.67. The highest BCUT2D eigenvalue weighted by Gasteiger charge is 2.16. The summed E-state index contributed by atoms with van der Waals surface area (Å²) in [6, 6.07) is 12.6. The van der Waals surface area contributed by atoms with E-state index in [1.54, 1.807) is 7.11 Å². The van der Waals surface area contributed by atoms with Gasteiger partial charge in [-0.15, -0.1) is 0 Å². The van der Waals surface area contributed by atoms with E-state index in [2.05, 4.69) is 45.0 Å². The molecule has 0 bridgehead atoms. The van der Waals surface area contributed by atoms with Crippen LogP contribution in [0.2, 0.25) is 0 Å². The summed E-state index contributed by atoms with van der Waals surface area (Å²) in [6.45, 7) is 7.44. The lowest BCUT2D eigenvalue weighted by Crippen LogP contribution is -2.05. The van der Waals surface area contributed by atoms with E-state index in [9.17, 15) is 0 Å². The Morgan fingerprint density at radius 3 is 2.28 bits per heavy atom. The molecule has 0 aliphatic rings. The first kappa shape index (κ1) is 19.4. The van der Waals surface area contributed by atoms with Crippen molar-refractivity contribution in [2.75, 3.05) is 13.7 Å². The number of benzene rings is 2. The Bertz CT molecular complexity index is 661. The van der Waals surface area contributed by atoms with Crippen molar-refractivity contribution in [1.29, 1.82) is 0 Å². The van der Waals surface area contributed by atoms with E-state index in [0.717, 1.165) is 48.5 Å². The van der Waals surface area contributed by atoms with E-state index in [1.807, 2.05) is 12.1 Å². The summed E-state index contributed by atoms with van der Waals surface area (Å²) < 4.78 is 11.9. The van der Waals surface area contributed by atoms with Crippen LogP contribution in [0.5, 0.6) is 11.5 Å². The van der Waals surface area contributed by atoms with Crippen molar-refractivity contribution in [2.45, 2.75) is 59.3 Å². The molecule has 136 valence electrons. The summed E-state index contributed by atoms with van der Waals surface area (Å²) in [6.07, 6.45) is 6.88. The summed E-state index contributed by atoms with van der Waals surface area (Å²) in [7, 11) is 1.73. The predicted octanol–water partition coefficient (Wildman–Crippen LogP) is 6.45. The first-order chi connectivity index (χ1) is 12.3. The van der Waals surface area contributed by atoms with Crippen LogP contribution in [0.1, 0.15) is 57.6 Å². The van der Waals surface area contributed by atoms with Gasteiger partial charge in [0.2, 0.25) is 0 Å². The van der Waals surface area contributed by atoms with Crippen LogP contribution in [0.4, 0.5) is 0 Å². The summed E-state index contributed by atoms with van der Waals surface area (Å²) in [5.41, 5.74) is 4.96. The molecule has 0 aliphatic carbocycles. The second-order valence-corrected chi connectivity index (χ2v) is 6.40. The van der Waals surface area contributed by atoms with Gasteiger partial charge in [0.1, 0.15) is 11.5 Å². The second kappa shape index (κ2) is 10.1. The van der Waals surface area contributed by atoms with Crippen molar-refractivity contribution >= 4 is 0 Å². The molecule has 2 heteroatoms. The third-order valence-electron chi connectivity index (χ3n) is 4.73. The Hall–Kier alpha value is -1.96. The first-order valence-electron chi connectivity index (χ1n) is 9.67. The minimum atomic E-state index is 0.780. The Morgan fingerprint density at radius 2 is 1.60 bits per heavy atom. The molecule has 0 saturated heterocycles. The standard InChI is InChI=1S/C23H32O2/c1-5-8-9-12-17-25-23-19(7-3)18(6-2)15-16-21(23)20-13-10-11-14-22(20)24-4/h10-11,13-16H,5-9,12,17H2,1-4H3. The van der Waals surface area contributed by atoms with E-state index in [0.29, 0.717) is 0 Å². The molecule has 2 nitrogen and oxygen atoms in total. The molecule has 0 radical (unpaired) electrons. The maximum Gasteiger partial charge on any atom is 0.130 e. The largest absolute Gasteiger partial charge is 0.496 e. The molecule has 0 heterocycles. The number of para-hydroxylation sites is 1. The van der Waals surface area contributed by atoms with Crippen LogP contribution in [0.3, 0.4) is 0 Å². The molecule has 0 fully saturated rings. The number of rotatable bonds is 10. The lowest BCUT2D eigenvalue weighted by molar-refractivity contribution is 0.303. The molecule has 2 rings (SSSR count). The molecule has 0 aromatic heterocycles. The topological polar surface area (TPSA) is 18.5 Å². The van der Waals surface area contributed by atoms with Crippen LogP contribution >= 0.6 is 0 Å².